The summed E-state index contributed by atoms with van der Waals surface area (Å²) < 4.78 is 34.0. The summed E-state index contributed by atoms with van der Waals surface area (Å²) in [5.41, 5.74) is 2.06. The summed E-state index contributed by atoms with van der Waals surface area (Å²) in [4.78, 5) is 13.0. The third-order valence-corrected chi connectivity index (χ3v) is 7.01. The van der Waals surface area contributed by atoms with Gasteiger partial charge in [-0.3, -0.25) is 4.98 Å². The van der Waals surface area contributed by atoms with Crippen LogP contribution in [0.3, 0.4) is 0 Å². The first kappa shape index (κ1) is 18.2. The first-order chi connectivity index (χ1) is 14.1. The summed E-state index contributed by atoms with van der Waals surface area (Å²) >= 11 is 0. The maximum atomic E-state index is 13.5. The molecule has 1 N–H and O–H groups in total. The Morgan fingerprint density at radius 2 is 2.00 bits per heavy atom. The lowest BCUT2D eigenvalue weighted by Crippen LogP contribution is -2.43. The van der Waals surface area contributed by atoms with Gasteiger partial charge in [0.1, 0.15) is 17.0 Å². The maximum absolute atomic E-state index is 13.5. The molecule has 1 fully saturated rings. The molecule has 29 heavy (non-hydrogen) atoms. The molecule has 2 aliphatic rings. The van der Waals surface area contributed by atoms with Crippen molar-refractivity contribution in [1.29, 1.82) is 0 Å². The van der Waals surface area contributed by atoms with Gasteiger partial charge < -0.3 is 19.9 Å². The highest BCUT2D eigenvalue weighted by Crippen LogP contribution is 2.34. The highest BCUT2D eigenvalue weighted by Gasteiger charge is 2.27. The van der Waals surface area contributed by atoms with E-state index >= 15 is 0 Å². The number of nitrogens with one attached hydrogen (secondary N) is 1. The minimum atomic E-state index is -3.86. The zero-order valence-corrected chi connectivity index (χ0v) is 16.9. The molecule has 0 atom stereocenters. The predicted octanol–water partition coefficient (Wildman–Crippen LogP) is 0.907. The van der Waals surface area contributed by atoms with E-state index in [4.69, 9.17) is 4.74 Å². The van der Waals surface area contributed by atoms with Crippen LogP contribution in [0.2, 0.25) is 0 Å². The van der Waals surface area contributed by atoms with Crippen LogP contribution in [0.15, 0.2) is 41.7 Å². The maximum Gasteiger partial charge on any atom is 0.269 e. The van der Waals surface area contributed by atoms with Crippen LogP contribution >= 0.6 is 0 Å². The van der Waals surface area contributed by atoms with E-state index in [1.807, 2.05) is 11.9 Å². The van der Waals surface area contributed by atoms with Crippen molar-refractivity contribution in [2.24, 2.45) is 0 Å². The Hall–Kier alpha value is -2.85. The Morgan fingerprint density at radius 1 is 1.17 bits per heavy atom. The number of pyridine rings is 2. The van der Waals surface area contributed by atoms with Crippen LogP contribution in [0.4, 0.5) is 11.5 Å². The fraction of sp³-hybridized carbons (Fsp3) is 0.368. The zero-order chi connectivity index (χ0) is 20.0. The lowest BCUT2D eigenvalue weighted by atomic mass is 10.3. The van der Waals surface area contributed by atoms with Crippen LogP contribution in [0, 0.1) is 0 Å². The summed E-state index contributed by atoms with van der Waals surface area (Å²) in [6, 6.07) is 5.08. The van der Waals surface area contributed by atoms with Crippen molar-refractivity contribution < 1.29 is 13.2 Å². The van der Waals surface area contributed by atoms with Crippen LogP contribution in [0.5, 0.6) is 5.75 Å². The third kappa shape index (κ3) is 2.99. The fourth-order valence-electron chi connectivity index (χ4n) is 3.82. The van der Waals surface area contributed by atoms with E-state index < -0.39 is 10.0 Å². The molecular formula is C19H22N6O3S. The Bertz CT molecular complexity index is 1170. The predicted molar refractivity (Wildman–Crippen MR) is 110 cm³/mol. The lowest BCUT2D eigenvalue weighted by molar-refractivity contribution is 0.308. The minimum absolute atomic E-state index is 0.0964. The number of aromatic nitrogens is 3. The zero-order valence-electron chi connectivity index (χ0n) is 16.1. The van der Waals surface area contributed by atoms with E-state index in [0.717, 1.165) is 31.9 Å². The minimum Gasteiger partial charge on any atom is -0.488 e. The number of anilines is 2. The van der Waals surface area contributed by atoms with E-state index in [0.29, 0.717) is 35.8 Å². The number of ether oxygens (including phenoxy) is 1. The van der Waals surface area contributed by atoms with Gasteiger partial charge in [0, 0.05) is 51.7 Å². The first-order valence-corrected chi connectivity index (χ1v) is 11.0. The number of piperazine rings is 1. The van der Waals surface area contributed by atoms with Crippen molar-refractivity contribution in [3.05, 3.63) is 36.8 Å². The highest BCUT2D eigenvalue weighted by molar-refractivity contribution is 7.90. The molecule has 0 radical (unpaired) electrons. The van der Waals surface area contributed by atoms with Crippen molar-refractivity contribution in [3.8, 4) is 5.75 Å². The van der Waals surface area contributed by atoms with Crippen molar-refractivity contribution in [3.63, 3.8) is 0 Å². The lowest BCUT2D eigenvalue weighted by Gasteiger charge is -2.28. The van der Waals surface area contributed by atoms with Gasteiger partial charge in [-0.15, -0.1) is 0 Å². The van der Waals surface area contributed by atoms with Crippen molar-refractivity contribution in [2.75, 3.05) is 56.2 Å². The monoisotopic (exact) mass is 414 g/mol. The third-order valence-electron chi connectivity index (χ3n) is 5.37. The van der Waals surface area contributed by atoms with E-state index in [1.54, 1.807) is 30.6 Å². The van der Waals surface area contributed by atoms with Crippen molar-refractivity contribution in [2.45, 2.75) is 4.90 Å². The summed E-state index contributed by atoms with van der Waals surface area (Å²) in [6.45, 7) is 4.52. The van der Waals surface area contributed by atoms with Crippen LogP contribution in [0.1, 0.15) is 0 Å². The van der Waals surface area contributed by atoms with Gasteiger partial charge in [0.05, 0.1) is 23.9 Å². The molecule has 0 aliphatic carbocycles. The summed E-state index contributed by atoms with van der Waals surface area (Å²) in [7, 11) is -1.95. The molecule has 0 spiro atoms. The molecule has 5 rings (SSSR count). The van der Waals surface area contributed by atoms with Gasteiger partial charge in [0.25, 0.3) is 10.0 Å². The number of hydrogen-bond donors (Lipinski definition) is 1. The molecule has 0 bridgehead atoms. The van der Waals surface area contributed by atoms with E-state index in [1.165, 1.54) is 10.2 Å². The molecule has 0 aromatic carbocycles. The van der Waals surface area contributed by atoms with Gasteiger partial charge >= 0.3 is 0 Å². The van der Waals surface area contributed by atoms with Crippen LogP contribution in [0.25, 0.3) is 11.0 Å². The second-order valence-electron chi connectivity index (χ2n) is 7.19. The van der Waals surface area contributed by atoms with Crippen LogP contribution < -0.4 is 19.9 Å². The van der Waals surface area contributed by atoms with Gasteiger partial charge in [0.2, 0.25) is 0 Å². The summed E-state index contributed by atoms with van der Waals surface area (Å²) in [6.07, 6.45) is 4.76. The number of nitrogens with zero attached hydrogens (tertiary/aromatic N) is 5. The molecule has 9 nitrogen and oxygen atoms in total. The molecule has 0 saturated carbocycles. The smallest absolute Gasteiger partial charge is 0.269 e. The van der Waals surface area contributed by atoms with Crippen LogP contribution in [-0.2, 0) is 10.0 Å². The average molecular weight is 414 g/mol. The normalized spacial score (nSPS) is 17.3. The Morgan fingerprint density at radius 3 is 2.83 bits per heavy atom. The SMILES string of the molecule is CN1CCOc2cc(S(=O)(=O)n3cc(N4CCNCC4)c4ncccc43)cnc21. The standard InChI is InChI=1S/C19H22N6O3S/c1-23-9-10-28-17-11-14(12-22-19(17)23)29(26,27)25-13-16(24-7-5-20-6-8-24)18-15(25)3-2-4-21-18/h2-4,11-13,20H,5-10H2,1H3. The highest BCUT2D eigenvalue weighted by atomic mass is 32.2. The molecule has 3 aromatic heterocycles. The topological polar surface area (TPSA) is 92.6 Å². The van der Waals surface area contributed by atoms with Crippen molar-refractivity contribution >= 4 is 32.6 Å². The van der Waals surface area contributed by atoms with Gasteiger partial charge in [0.15, 0.2) is 11.6 Å². The van der Waals surface area contributed by atoms with Gasteiger partial charge in [-0.2, -0.15) is 0 Å². The van der Waals surface area contributed by atoms with E-state index in [2.05, 4.69) is 20.2 Å². The second kappa shape index (κ2) is 6.89. The molecule has 152 valence electrons. The number of rotatable bonds is 3. The molecule has 0 unspecified atom stereocenters. The van der Waals surface area contributed by atoms with E-state index in [9.17, 15) is 8.42 Å². The molecular weight excluding hydrogens is 392 g/mol. The van der Waals surface area contributed by atoms with Gasteiger partial charge in [-0.1, -0.05) is 0 Å². The second-order valence-corrected chi connectivity index (χ2v) is 9.00. The fourth-order valence-corrected chi connectivity index (χ4v) is 5.13. The number of hydrogen-bond acceptors (Lipinski definition) is 8. The van der Waals surface area contributed by atoms with Crippen molar-refractivity contribution in [1.82, 2.24) is 19.3 Å². The summed E-state index contributed by atoms with van der Waals surface area (Å²) in [5.74, 6) is 1.13. The number of fused-ring (bicyclic) bond motifs is 2. The molecule has 10 heteroatoms. The Kier molecular flexibility index (Phi) is 4.32. The first-order valence-electron chi connectivity index (χ1n) is 9.57. The van der Waals surface area contributed by atoms with E-state index in [-0.39, 0.29) is 4.90 Å². The molecule has 3 aromatic rings. The number of likely N-dealkylation sites (N-methyl/N-ethyl adjacent to an activating group) is 1. The quantitative estimate of drug-likeness (QED) is 0.676. The Labute approximate surface area is 169 Å². The Balaban J connectivity index is 1.63. The van der Waals surface area contributed by atoms with Gasteiger partial charge in [-0.25, -0.2) is 17.4 Å². The molecule has 5 heterocycles. The largest absolute Gasteiger partial charge is 0.488 e. The molecule has 1 saturated heterocycles. The average Bonchev–Trinajstić information content (AvgIpc) is 3.15. The molecule has 2 aliphatic heterocycles. The van der Waals surface area contributed by atoms with Gasteiger partial charge in [-0.05, 0) is 12.1 Å². The summed E-state index contributed by atoms with van der Waals surface area (Å²) in [5, 5.41) is 3.31. The van der Waals surface area contributed by atoms with Crippen LogP contribution in [-0.4, -0.2) is 68.7 Å². The molecule has 0 amide bonds.